The molecule has 0 radical (unpaired) electrons. The van der Waals surface area contributed by atoms with Crippen LogP contribution in [0.25, 0.3) is 10.1 Å². The van der Waals surface area contributed by atoms with E-state index in [4.69, 9.17) is 4.74 Å². The fourth-order valence-electron chi connectivity index (χ4n) is 3.52. The SMILES string of the molecule is COc1cc(C2(C(=O)NC[C@H](O)c3cc4ccccc4s3)CC2)ccc1C. The minimum atomic E-state index is -0.699. The van der Waals surface area contributed by atoms with Gasteiger partial charge < -0.3 is 15.2 Å². The van der Waals surface area contributed by atoms with Crippen LogP contribution in [0.15, 0.2) is 48.5 Å². The Morgan fingerprint density at radius 1 is 1.26 bits per heavy atom. The van der Waals surface area contributed by atoms with E-state index >= 15 is 0 Å². The van der Waals surface area contributed by atoms with Gasteiger partial charge in [-0.2, -0.15) is 0 Å². The molecule has 1 fully saturated rings. The highest BCUT2D eigenvalue weighted by molar-refractivity contribution is 7.19. The van der Waals surface area contributed by atoms with E-state index in [1.54, 1.807) is 18.4 Å². The lowest BCUT2D eigenvalue weighted by atomic mass is 9.93. The molecule has 0 bridgehead atoms. The van der Waals surface area contributed by atoms with Crippen molar-refractivity contribution >= 4 is 27.3 Å². The number of methoxy groups -OCH3 is 1. The lowest BCUT2D eigenvalue weighted by Gasteiger charge is -2.18. The van der Waals surface area contributed by atoms with Crippen LogP contribution >= 0.6 is 11.3 Å². The van der Waals surface area contributed by atoms with Crippen LogP contribution in [-0.2, 0) is 10.2 Å². The molecule has 4 rings (SSSR count). The summed E-state index contributed by atoms with van der Waals surface area (Å²) >= 11 is 1.57. The molecule has 140 valence electrons. The molecule has 0 unspecified atom stereocenters. The smallest absolute Gasteiger partial charge is 0.230 e. The number of nitrogens with one attached hydrogen (secondary N) is 1. The largest absolute Gasteiger partial charge is 0.496 e. The molecule has 3 aromatic rings. The van der Waals surface area contributed by atoms with Gasteiger partial charge in [0.05, 0.1) is 12.5 Å². The Kier molecular flexibility index (Phi) is 4.66. The van der Waals surface area contributed by atoms with Crippen LogP contribution in [0.3, 0.4) is 0 Å². The number of hydrogen-bond donors (Lipinski definition) is 2. The Balaban J connectivity index is 1.45. The van der Waals surface area contributed by atoms with Crippen molar-refractivity contribution < 1.29 is 14.6 Å². The number of carbonyl (C=O) groups excluding carboxylic acids is 1. The molecule has 1 heterocycles. The maximum absolute atomic E-state index is 12.9. The summed E-state index contributed by atoms with van der Waals surface area (Å²) in [7, 11) is 1.65. The lowest BCUT2D eigenvalue weighted by molar-refractivity contribution is -0.124. The molecular weight excluding hydrogens is 358 g/mol. The second-order valence-corrected chi connectivity index (χ2v) is 8.29. The predicted octanol–water partition coefficient (Wildman–Crippen LogP) is 4.10. The molecule has 1 atom stereocenters. The summed E-state index contributed by atoms with van der Waals surface area (Å²) in [4.78, 5) is 13.7. The highest BCUT2D eigenvalue weighted by Gasteiger charge is 2.51. The van der Waals surface area contributed by atoms with Gasteiger partial charge in [0.2, 0.25) is 5.91 Å². The van der Waals surface area contributed by atoms with Crippen LogP contribution in [0, 0.1) is 6.92 Å². The third-order valence-corrected chi connectivity index (χ3v) is 6.59. The van der Waals surface area contributed by atoms with Crippen LogP contribution < -0.4 is 10.1 Å². The van der Waals surface area contributed by atoms with Gasteiger partial charge in [0, 0.05) is 16.1 Å². The van der Waals surface area contributed by atoms with Gasteiger partial charge in [-0.15, -0.1) is 11.3 Å². The number of rotatable bonds is 6. The summed E-state index contributed by atoms with van der Waals surface area (Å²) in [6.07, 6.45) is 0.948. The monoisotopic (exact) mass is 381 g/mol. The third-order valence-electron chi connectivity index (χ3n) is 5.37. The van der Waals surface area contributed by atoms with Gasteiger partial charge in [-0.3, -0.25) is 4.79 Å². The van der Waals surface area contributed by atoms with Gasteiger partial charge in [0.25, 0.3) is 0 Å². The zero-order valence-electron chi connectivity index (χ0n) is 15.5. The third kappa shape index (κ3) is 3.33. The maximum atomic E-state index is 12.9. The summed E-state index contributed by atoms with van der Waals surface area (Å²) < 4.78 is 6.54. The summed E-state index contributed by atoms with van der Waals surface area (Å²) in [6, 6.07) is 16.0. The van der Waals surface area contributed by atoms with E-state index in [1.165, 1.54) is 0 Å². The number of fused-ring (bicyclic) bond motifs is 1. The van der Waals surface area contributed by atoms with E-state index in [2.05, 4.69) is 5.32 Å². The highest BCUT2D eigenvalue weighted by atomic mass is 32.1. The molecule has 2 aromatic carbocycles. The average molecular weight is 381 g/mol. The first kappa shape index (κ1) is 18.0. The molecule has 1 aliphatic rings. The van der Waals surface area contributed by atoms with Crippen molar-refractivity contribution in [2.24, 2.45) is 0 Å². The number of ether oxygens (including phenoxy) is 1. The number of carbonyl (C=O) groups is 1. The summed E-state index contributed by atoms with van der Waals surface area (Å²) in [5, 5.41) is 14.6. The normalized spacial score (nSPS) is 16.1. The second-order valence-electron chi connectivity index (χ2n) is 7.18. The molecule has 1 aliphatic carbocycles. The van der Waals surface area contributed by atoms with Crippen molar-refractivity contribution in [3.05, 3.63) is 64.5 Å². The number of aliphatic hydroxyl groups is 1. The predicted molar refractivity (Wildman–Crippen MR) is 108 cm³/mol. The number of benzene rings is 2. The number of amides is 1. The maximum Gasteiger partial charge on any atom is 0.230 e. The van der Waals surface area contributed by atoms with Gasteiger partial charge in [0.1, 0.15) is 11.9 Å². The number of aryl methyl sites for hydroxylation is 1. The Hall–Kier alpha value is -2.37. The van der Waals surface area contributed by atoms with Crippen molar-refractivity contribution in [2.75, 3.05) is 13.7 Å². The van der Waals surface area contributed by atoms with Crippen molar-refractivity contribution in [1.29, 1.82) is 0 Å². The van der Waals surface area contributed by atoms with Crippen LogP contribution in [0.4, 0.5) is 0 Å². The topological polar surface area (TPSA) is 58.6 Å². The Morgan fingerprint density at radius 3 is 2.74 bits per heavy atom. The van der Waals surface area contributed by atoms with Gasteiger partial charge in [-0.25, -0.2) is 0 Å². The number of thiophene rings is 1. The van der Waals surface area contributed by atoms with E-state index in [0.717, 1.165) is 44.7 Å². The average Bonchev–Trinajstić information content (AvgIpc) is 3.38. The molecule has 2 N–H and O–H groups in total. The lowest BCUT2D eigenvalue weighted by Crippen LogP contribution is -2.37. The van der Waals surface area contributed by atoms with Crippen LogP contribution in [0.2, 0.25) is 0 Å². The molecule has 0 aliphatic heterocycles. The Morgan fingerprint density at radius 2 is 2.04 bits per heavy atom. The summed E-state index contributed by atoms with van der Waals surface area (Å²) in [5.41, 5.74) is 1.55. The summed E-state index contributed by atoms with van der Waals surface area (Å²) in [6.45, 7) is 2.21. The van der Waals surface area contributed by atoms with Crippen LogP contribution in [-0.4, -0.2) is 24.7 Å². The van der Waals surface area contributed by atoms with Gasteiger partial charge in [-0.1, -0.05) is 30.3 Å². The first-order valence-electron chi connectivity index (χ1n) is 9.13. The molecule has 1 amide bonds. The second kappa shape index (κ2) is 6.98. The number of hydrogen-bond acceptors (Lipinski definition) is 4. The van der Waals surface area contributed by atoms with E-state index in [1.807, 2.05) is 55.5 Å². The minimum absolute atomic E-state index is 0.0198. The summed E-state index contributed by atoms with van der Waals surface area (Å²) in [5.74, 6) is 0.783. The molecule has 5 heteroatoms. The van der Waals surface area contributed by atoms with E-state index in [0.29, 0.717) is 0 Å². The molecule has 0 spiro atoms. The van der Waals surface area contributed by atoms with Gasteiger partial charge in [0.15, 0.2) is 0 Å². The molecule has 27 heavy (non-hydrogen) atoms. The Labute approximate surface area is 162 Å². The van der Waals surface area contributed by atoms with Crippen molar-refractivity contribution in [3.63, 3.8) is 0 Å². The fourth-order valence-corrected chi connectivity index (χ4v) is 4.57. The van der Waals surface area contributed by atoms with Gasteiger partial charge >= 0.3 is 0 Å². The van der Waals surface area contributed by atoms with Crippen LogP contribution in [0.5, 0.6) is 5.75 Å². The fraction of sp³-hybridized carbons (Fsp3) is 0.318. The van der Waals surface area contributed by atoms with Crippen molar-refractivity contribution in [2.45, 2.75) is 31.3 Å². The molecule has 1 aromatic heterocycles. The molecule has 4 nitrogen and oxygen atoms in total. The first-order valence-corrected chi connectivity index (χ1v) is 9.95. The van der Waals surface area contributed by atoms with E-state index < -0.39 is 11.5 Å². The van der Waals surface area contributed by atoms with E-state index in [9.17, 15) is 9.90 Å². The van der Waals surface area contributed by atoms with Gasteiger partial charge in [-0.05, 0) is 54.5 Å². The van der Waals surface area contributed by atoms with E-state index in [-0.39, 0.29) is 12.5 Å². The van der Waals surface area contributed by atoms with Crippen molar-refractivity contribution in [3.8, 4) is 5.75 Å². The Bertz CT molecular complexity index is 957. The first-order chi connectivity index (χ1) is 13.0. The molecular formula is C22H23NO3S. The standard InChI is InChI=1S/C22H23NO3S/c1-14-7-8-16(12-18(14)26-2)22(9-10-22)21(25)23-13-17(24)20-11-15-5-3-4-6-19(15)27-20/h3-8,11-12,17,24H,9-10,13H2,1-2H3,(H,23,25)/t17-/m0/s1. The minimum Gasteiger partial charge on any atom is -0.496 e. The molecule has 1 saturated carbocycles. The quantitative estimate of drug-likeness (QED) is 0.676. The zero-order valence-corrected chi connectivity index (χ0v) is 16.3. The molecule has 0 saturated heterocycles. The highest BCUT2D eigenvalue weighted by Crippen LogP contribution is 2.49. The zero-order chi connectivity index (χ0) is 19.0. The van der Waals surface area contributed by atoms with Crippen LogP contribution in [0.1, 0.15) is 34.9 Å². The number of aliphatic hydroxyl groups excluding tert-OH is 1. The van der Waals surface area contributed by atoms with Crippen molar-refractivity contribution in [1.82, 2.24) is 5.32 Å².